The first-order valence-corrected chi connectivity index (χ1v) is 5.33. The second kappa shape index (κ2) is 5.14. The molecule has 0 atom stereocenters. The molecule has 0 bridgehead atoms. The molecule has 4 nitrogen and oxygen atoms in total. The highest BCUT2D eigenvalue weighted by Gasteiger charge is 2.26. The van der Waals surface area contributed by atoms with Gasteiger partial charge in [-0.25, -0.2) is 4.98 Å². The van der Waals surface area contributed by atoms with Gasteiger partial charge in [0.25, 0.3) is 0 Å². The third-order valence-electron chi connectivity index (χ3n) is 2.24. The fourth-order valence-corrected chi connectivity index (χ4v) is 1.45. The van der Waals surface area contributed by atoms with E-state index in [1.165, 1.54) is 0 Å². The monoisotopic (exact) mass is 206 g/mol. The van der Waals surface area contributed by atoms with Gasteiger partial charge in [0.15, 0.2) is 0 Å². The van der Waals surface area contributed by atoms with Crippen molar-refractivity contribution < 1.29 is 9.31 Å². The Morgan fingerprint density at radius 1 is 1.40 bits per heavy atom. The lowest BCUT2D eigenvalue weighted by Crippen LogP contribution is -2.31. The maximum Gasteiger partial charge on any atom is 0.495 e. The van der Waals surface area contributed by atoms with E-state index >= 15 is 0 Å². The van der Waals surface area contributed by atoms with E-state index in [1.807, 2.05) is 12.1 Å². The smallest absolute Gasteiger partial charge is 0.405 e. The summed E-state index contributed by atoms with van der Waals surface area (Å²) >= 11 is 0. The van der Waals surface area contributed by atoms with Crippen molar-refractivity contribution in [2.24, 2.45) is 0 Å². The first-order chi connectivity index (χ1) is 7.40. The summed E-state index contributed by atoms with van der Waals surface area (Å²) in [6.45, 7) is 4.41. The molecule has 0 unspecified atom stereocenters. The number of aromatic nitrogens is 1. The predicted molar refractivity (Wildman–Crippen MR) is 60.3 cm³/mol. The summed E-state index contributed by atoms with van der Waals surface area (Å²) in [5, 5.41) is 3.22. The van der Waals surface area contributed by atoms with Gasteiger partial charge in [-0.05, 0) is 12.5 Å². The Bertz CT molecular complexity index is 299. The molecule has 1 aliphatic rings. The quantitative estimate of drug-likeness (QED) is 0.734. The summed E-state index contributed by atoms with van der Waals surface area (Å²) in [5.41, 5.74) is 0.981. The van der Waals surface area contributed by atoms with Crippen molar-refractivity contribution in [3.8, 4) is 0 Å². The molecule has 2 rings (SSSR count). The topological polar surface area (TPSA) is 43.4 Å². The zero-order chi connectivity index (χ0) is 10.5. The zero-order valence-electron chi connectivity index (χ0n) is 8.90. The first-order valence-electron chi connectivity index (χ1n) is 5.33. The summed E-state index contributed by atoms with van der Waals surface area (Å²) in [6, 6.07) is 3.94. The summed E-state index contributed by atoms with van der Waals surface area (Å²) < 4.78 is 10.8. The zero-order valence-corrected chi connectivity index (χ0v) is 8.90. The lowest BCUT2D eigenvalue weighted by atomic mass is 9.81. The number of nitrogens with zero attached hydrogens (tertiary/aromatic N) is 1. The van der Waals surface area contributed by atoms with Gasteiger partial charge in [-0.15, -0.1) is 0 Å². The molecule has 0 amide bonds. The van der Waals surface area contributed by atoms with E-state index in [-0.39, 0.29) is 7.12 Å². The van der Waals surface area contributed by atoms with E-state index in [0.717, 1.165) is 24.2 Å². The summed E-state index contributed by atoms with van der Waals surface area (Å²) in [6.07, 6.45) is 2.90. The van der Waals surface area contributed by atoms with Crippen LogP contribution in [0.1, 0.15) is 13.3 Å². The normalized spacial score (nSPS) is 15.7. The minimum Gasteiger partial charge on any atom is -0.405 e. The number of anilines is 1. The van der Waals surface area contributed by atoms with E-state index in [0.29, 0.717) is 13.2 Å². The minimum absolute atomic E-state index is 0.224. The fourth-order valence-electron chi connectivity index (χ4n) is 1.45. The molecule has 1 N–H and O–H groups in total. The molecule has 80 valence electrons. The van der Waals surface area contributed by atoms with Gasteiger partial charge in [-0.1, -0.05) is 13.0 Å². The molecule has 0 spiro atoms. The van der Waals surface area contributed by atoms with Gasteiger partial charge >= 0.3 is 7.12 Å². The van der Waals surface area contributed by atoms with Crippen molar-refractivity contribution in [3.05, 3.63) is 18.3 Å². The number of pyridine rings is 1. The second-order valence-electron chi connectivity index (χ2n) is 3.48. The van der Waals surface area contributed by atoms with Gasteiger partial charge in [0.1, 0.15) is 5.82 Å². The Kier molecular flexibility index (Phi) is 3.58. The Labute approximate surface area is 90.1 Å². The molecule has 0 aromatic carbocycles. The molecule has 1 fully saturated rings. The minimum atomic E-state index is -0.224. The Morgan fingerprint density at radius 2 is 2.20 bits per heavy atom. The van der Waals surface area contributed by atoms with Crippen LogP contribution in [0.15, 0.2) is 18.3 Å². The molecule has 1 aliphatic heterocycles. The van der Waals surface area contributed by atoms with Crippen molar-refractivity contribution in [3.63, 3.8) is 0 Å². The molecular formula is C10H15BN2O2. The molecular weight excluding hydrogens is 191 g/mol. The van der Waals surface area contributed by atoms with Crippen molar-refractivity contribution >= 4 is 18.4 Å². The molecule has 1 saturated heterocycles. The van der Waals surface area contributed by atoms with Gasteiger partial charge in [-0.3, -0.25) is 0 Å². The highest BCUT2D eigenvalue weighted by atomic mass is 16.6. The number of rotatable bonds is 4. The van der Waals surface area contributed by atoms with Crippen LogP contribution in [0, 0.1) is 0 Å². The van der Waals surface area contributed by atoms with Crippen LogP contribution in [0.4, 0.5) is 5.82 Å². The molecule has 15 heavy (non-hydrogen) atoms. The van der Waals surface area contributed by atoms with Crippen LogP contribution in [-0.2, 0) is 9.31 Å². The van der Waals surface area contributed by atoms with Crippen LogP contribution in [0.2, 0.25) is 0 Å². The van der Waals surface area contributed by atoms with Gasteiger partial charge in [0.2, 0.25) is 0 Å². The molecule has 2 heterocycles. The number of hydrogen-bond acceptors (Lipinski definition) is 4. The van der Waals surface area contributed by atoms with E-state index in [9.17, 15) is 0 Å². The standard InChI is InChI=1S/C10H15BN2O2/c1-2-5-12-10-4-3-9(8-13-10)11-14-6-7-15-11/h3-4,8H,2,5-7H2,1H3,(H,12,13). The highest BCUT2D eigenvalue weighted by Crippen LogP contribution is 2.03. The molecule has 1 aromatic heterocycles. The maximum absolute atomic E-state index is 5.38. The molecule has 1 aromatic rings. The van der Waals surface area contributed by atoms with Crippen molar-refractivity contribution in [2.75, 3.05) is 25.1 Å². The Hall–Kier alpha value is -1.07. The number of nitrogens with one attached hydrogen (secondary N) is 1. The Morgan fingerprint density at radius 3 is 2.80 bits per heavy atom. The van der Waals surface area contributed by atoms with Crippen LogP contribution < -0.4 is 10.8 Å². The average molecular weight is 206 g/mol. The van der Waals surface area contributed by atoms with E-state index in [2.05, 4.69) is 17.2 Å². The summed E-state index contributed by atoms with van der Waals surface area (Å²) in [5.74, 6) is 0.901. The average Bonchev–Trinajstić information content (AvgIpc) is 2.80. The van der Waals surface area contributed by atoms with E-state index in [1.54, 1.807) is 6.20 Å². The predicted octanol–water partition coefficient (Wildman–Crippen LogP) is 0.645. The van der Waals surface area contributed by atoms with Crippen LogP contribution >= 0.6 is 0 Å². The van der Waals surface area contributed by atoms with Gasteiger partial charge < -0.3 is 14.6 Å². The molecule has 0 saturated carbocycles. The molecule has 0 aliphatic carbocycles. The van der Waals surface area contributed by atoms with Crippen LogP contribution in [0.5, 0.6) is 0 Å². The fraction of sp³-hybridized carbons (Fsp3) is 0.500. The van der Waals surface area contributed by atoms with Crippen LogP contribution in [-0.4, -0.2) is 31.9 Å². The van der Waals surface area contributed by atoms with E-state index in [4.69, 9.17) is 9.31 Å². The van der Waals surface area contributed by atoms with Gasteiger partial charge in [0, 0.05) is 18.2 Å². The van der Waals surface area contributed by atoms with Gasteiger partial charge in [0.05, 0.1) is 13.2 Å². The van der Waals surface area contributed by atoms with Crippen LogP contribution in [0.3, 0.4) is 0 Å². The lowest BCUT2D eigenvalue weighted by Gasteiger charge is -2.06. The summed E-state index contributed by atoms with van der Waals surface area (Å²) in [4.78, 5) is 4.29. The lowest BCUT2D eigenvalue weighted by molar-refractivity contribution is 0.365. The maximum atomic E-state index is 5.38. The second-order valence-corrected chi connectivity index (χ2v) is 3.48. The van der Waals surface area contributed by atoms with Crippen molar-refractivity contribution in [1.29, 1.82) is 0 Å². The third-order valence-corrected chi connectivity index (χ3v) is 2.24. The van der Waals surface area contributed by atoms with Crippen molar-refractivity contribution in [2.45, 2.75) is 13.3 Å². The molecule has 5 heteroatoms. The first kappa shape index (κ1) is 10.5. The Balaban J connectivity index is 1.96. The van der Waals surface area contributed by atoms with Crippen LogP contribution in [0.25, 0.3) is 0 Å². The third kappa shape index (κ3) is 2.70. The number of hydrogen-bond donors (Lipinski definition) is 1. The SMILES string of the molecule is CCCNc1ccc(B2OCCO2)cn1. The largest absolute Gasteiger partial charge is 0.495 e. The van der Waals surface area contributed by atoms with Gasteiger partial charge in [-0.2, -0.15) is 0 Å². The summed E-state index contributed by atoms with van der Waals surface area (Å²) in [7, 11) is -0.224. The highest BCUT2D eigenvalue weighted by molar-refractivity contribution is 6.61. The van der Waals surface area contributed by atoms with Crippen molar-refractivity contribution in [1.82, 2.24) is 4.98 Å². The van der Waals surface area contributed by atoms with E-state index < -0.39 is 0 Å². The molecule has 0 radical (unpaired) electrons.